The molecule has 7 heteroatoms. The number of pyridine rings is 1. The second kappa shape index (κ2) is 6.09. The van der Waals surface area contributed by atoms with Gasteiger partial charge in [0, 0.05) is 0 Å². The van der Waals surface area contributed by atoms with Crippen LogP contribution < -0.4 is 16.6 Å². The van der Waals surface area contributed by atoms with Gasteiger partial charge in [-0.3, -0.25) is 4.79 Å². The van der Waals surface area contributed by atoms with Crippen molar-refractivity contribution in [2.75, 3.05) is 10.7 Å². The molecular formula is C13H12Cl2N4O. The van der Waals surface area contributed by atoms with Gasteiger partial charge in [0.05, 0.1) is 15.7 Å². The van der Waals surface area contributed by atoms with E-state index in [-0.39, 0.29) is 5.69 Å². The molecule has 1 amide bonds. The Balaban J connectivity index is 2.30. The first-order valence-corrected chi connectivity index (χ1v) is 6.48. The molecule has 1 heterocycles. The highest BCUT2D eigenvalue weighted by Gasteiger charge is 2.14. The van der Waals surface area contributed by atoms with Gasteiger partial charge in [-0.15, -0.1) is 0 Å². The molecule has 2 aromatic rings. The Hall–Kier alpha value is -1.82. The van der Waals surface area contributed by atoms with E-state index in [4.69, 9.17) is 29.0 Å². The minimum atomic E-state index is -0.420. The molecule has 0 fully saturated rings. The van der Waals surface area contributed by atoms with Crippen LogP contribution in [-0.4, -0.2) is 10.9 Å². The largest absolute Gasteiger partial charge is 0.318 e. The number of carbonyl (C=O) groups excluding carboxylic acids is 1. The predicted molar refractivity (Wildman–Crippen MR) is 81.2 cm³/mol. The molecule has 1 aromatic carbocycles. The molecule has 0 unspecified atom stereocenters. The first kappa shape index (κ1) is 14.6. The molecular weight excluding hydrogens is 299 g/mol. The molecule has 104 valence electrons. The maximum atomic E-state index is 12.1. The van der Waals surface area contributed by atoms with Crippen LogP contribution in [0.4, 0.5) is 11.5 Å². The molecule has 4 N–H and O–H groups in total. The summed E-state index contributed by atoms with van der Waals surface area (Å²) < 4.78 is 0. The van der Waals surface area contributed by atoms with Crippen molar-refractivity contribution < 1.29 is 4.79 Å². The van der Waals surface area contributed by atoms with Gasteiger partial charge in [-0.1, -0.05) is 35.3 Å². The Kier molecular flexibility index (Phi) is 4.44. The Morgan fingerprint density at radius 3 is 2.70 bits per heavy atom. The van der Waals surface area contributed by atoms with Crippen molar-refractivity contribution in [2.45, 2.75) is 6.92 Å². The molecule has 5 nitrogen and oxygen atoms in total. The SMILES string of the molecule is Cc1ccc(Cl)c(NC(=O)c2cccc(NN)n2)c1Cl. The molecule has 0 aliphatic carbocycles. The number of hydrazine groups is 1. The van der Waals surface area contributed by atoms with Gasteiger partial charge in [-0.2, -0.15) is 0 Å². The summed E-state index contributed by atoms with van der Waals surface area (Å²) in [7, 11) is 0. The maximum Gasteiger partial charge on any atom is 0.274 e. The van der Waals surface area contributed by atoms with E-state index in [1.807, 2.05) is 6.92 Å². The van der Waals surface area contributed by atoms with Crippen LogP contribution >= 0.6 is 23.2 Å². The first-order valence-electron chi connectivity index (χ1n) is 5.72. The second-order valence-corrected chi connectivity index (χ2v) is 4.84. The zero-order valence-electron chi connectivity index (χ0n) is 10.6. The monoisotopic (exact) mass is 310 g/mol. The van der Waals surface area contributed by atoms with Gasteiger partial charge in [0.1, 0.15) is 11.5 Å². The lowest BCUT2D eigenvalue weighted by Crippen LogP contribution is -2.16. The van der Waals surface area contributed by atoms with Crippen molar-refractivity contribution in [3.05, 3.63) is 51.6 Å². The summed E-state index contributed by atoms with van der Waals surface area (Å²) in [6, 6.07) is 8.31. The Morgan fingerprint density at radius 2 is 2.00 bits per heavy atom. The molecule has 0 radical (unpaired) electrons. The number of hydrogen-bond donors (Lipinski definition) is 3. The van der Waals surface area contributed by atoms with E-state index in [1.165, 1.54) is 0 Å². The highest BCUT2D eigenvalue weighted by Crippen LogP contribution is 2.33. The number of halogens is 2. The minimum absolute atomic E-state index is 0.203. The molecule has 20 heavy (non-hydrogen) atoms. The van der Waals surface area contributed by atoms with Crippen LogP contribution in [0, 0.1) is 6.92 Å². The van der Waals surface area contributed by atoms with Gasteiger partial charge in [-0.25, -0.2) is 10.8 Å². The van der Waals surface area contributed by atoms with Crippen LogP contribution in [0.15, 0.2) is 30.3 Å². The number of nitrogens with two attached hydrogens (primary N) is 1. The van der Waals surface area contributed by atoms with Gasteiger partial charge in [-0.05, 0) is 30.7 Å². The fourth-order valence-corrected chi connectivity index (χ4v) is 2.06. The molecule has 0 saturated carbocycles. The van der Waals surface area contributed by atoms with Crippen molar-refractivity contribution in [3.63, 3.8) is 0 Å². The minimum Gasteiger partial charge on any atom is -0.318 e. The van der Waals surface area contributed by atoms with E-state index in [9.17, 15) is 4.79 Å². The molecule has 0 bridgehead atoms. The van der Waals surface area contributed by atoms with E-state index in [2.05, 4.69) is 15.7 Å². The molecule has 0 saturated heterocycles. The number of carbonyl (C=O) groups is 1. The normalized spacial score (nSPS) is 10.2. The van der Waals surface area contributed by atoms with E-state index >= 15 is 0 Å². The lowest BCUT2D eigenvalue weighted by molar-refractivity contribution is 0.102. The van der Waals surface area contributed by atoms with Gasteiger partial charge >= 0.3 is 0 Å². The Labute approximate surface area is 126 Å². The van der Waals surface area contributed by atoms with Crippen molar-refractivity contribution in [1.29, 1.82) is 0 Å². The summed E-state index contributed by atoms with van der Waals surface area (Å²) in [4.78, 5) is 16.2. The van der Waals surface area contributed by atoms with Crippen LogP contribution in [0.2, 0.25) is 10.0 Å². The third kappa shape index (κ3) is 3.01. The van der Waals surface area contributed by atoms with Crippen LogP contribution in [0.1, 0.15) is 16.1 Å². The maximum absolute atomic E-state index is 12.1. The third-order valence-electron chi connectivity index (χ3n) is 2.65. The number of nitrogen functional groups attached to an aromatic ring is 1. The van der Waals surface area contributed by atoms with Gasteiger partial charge in [0.15, 0.2) is 0 Å². The molecule has 0 spiro atoms. The van der Waals surface area contributed by atoms with Crippen LogP contribution in [0.5, 0.6) is 0 Å². The van der Waals surface area contributed by atoms with Crippen LogP contribution in [0.25, 0.3) is 0 Å². The van der Waals surface area contributed by atoms with Crippen molar-refractivity contribution in [2.24, 2.45) is 5.84 Å². The quantitative estimate of drug-likeness (QED) is 0.600. The first-order chi connectivity index (χ1) is 9.52. The summed E-state index contributed by atoms with van der Waals surface area (Å²) in [6.45, 7) is 1.82. The predicted octanol–water partition coefficient (Wildman–Crippen LogP) is 3.23. The highest BCUT2D eigenvalue weighted by molar-refractivity contribution is 6.40. The zero-order chi connectivity index (χ0) is 14.7. The molecule has 2 rings (SSSR count). The number of aromatic nitrogens is 1. The third-order valence-corrected chi connectivity index (χ3v) is 3.45. The van der Waals surface area contributed by atoms with Crippen molar-refractivity contribution in [1.82, 2.24) is 4.98 Å². The van der Waals surface area contributed by atoms with Crippen LogP contribution in [-0.2, 0) is 0 Å². The summed E-state index contributed by atoms with van der Waals surface area (Å²) >= 11 is 12.2. The van der Waals surface area contributed by atoms with E-state index in [1.54, 1.807) is 30.3 Å². The second-order valence-electron chi connectivity index (χ2n) is 4.06. The summed E-state index contributed by atoms with van der Waals surface area (Å²) in [5.41, 5.74) is 3.76. The lowest BCUT2D eigenvalue weighted by atomic mass is 10.2. The van der Waals surface area contributed by atoms with Crippen LogP contribution in [0.3, 0.4) is 0 Å². The Bertz CT molecular complexity index is 661. The Morgan fingerprint density at radius 1 is 1.25 bits per heavy atom. The number of aryl methyl sites for hydroxylation is 1. The summed E-state index contributed by atoms with van der Waals surface area (Å²) in [6.07, 6.45) is 0. The number of nitrogens with one attached hydrogen (secondary N) is 2. The van der Waals surface area contributed by atoms with Crippen molar-refractivity contribution in [3.8, 4) is 0 Å². The van der Waals surface area contributed by atoms with Gasteiger partial charge in [0.2, 0.25) is 0 Å². The van der Waals surface area contributed by atoms with Crippen molar-refractivity contribution >= 4 is 40.6 Å². The van der Waals surface area contributed by atoms with Gasteiger partial charge in [0.25, 0.3) is 5.91 Å². The average Bonchev–Trinajstić information content (AvgIpc) is 2.47. The van der Waals surface area contributed by atoms with E-state index in [0.29, 0.717) is 21.6 Å². The topological polar surface area (TPSA) is 80.0 Å². The zero-order valence-corrected chi connectivity index (χ0v) is 12.1. The number of rotatable bonds is 3. The smallest absolute Gasteiger partial charge is 0.274 e. The fourth-order valence-electron chi connectivity index (χ4n) is 1.59. The van der Waals surface area contributed by atoms with E-state index in [0.717, 1.165) is 5.56 Å². The number of anilines is 2. The summed E-state index contributed by atoms with van der Waals surface area (Å²) in [5.74, 6) is 5.22. The van der Waals surface area contributed by atoms with Gasteiger partial charge < -0.3 is 10.7 Å². The standard InChI is InChI=1S/C13H12Cl2N4O/c1-7-5-6-8(14)12(11(7)15)18-13(20)9-3-2-4-10(17-9)19-16/h2-6H,16H2,1H3,(H,17,19)(H,18,20). The number of benzene rings is 1. The summed E-state index contributed by atoms with van der Waals surface area (Å²) in [5, 5.41) is 3.42. The molecule has 0 aliphatic heterocycles. The van der Waals surface area contributed by atoms with E-state index < -0.39 is 5.91 Å². The highest BCUT2D eigenvalue weighted by atomic mass is 35.5. The molecule has 0 aliphatic rings. The average molecular weight is 311 g/mol. The fraction of sp³-hybridized carbons (Fsp3) is 0.0769. The molecule has 0 atom stereocenters. The number of amides is 1. The number of hydrogen-bond acceptors (Lipinski definition) is 4. The molecule has 1 aromatic heterocycles. The number of nitrogens with zero attached hydrogens (tertiary/aromatic N) is 1. The lowest BCUT2D eigenvalue weighted by Gasteiger charge is -2.11.